The van der Waals surface area contributed by atoms with E-state index >= 15 is 0 Å². The van der Waals surface area contributed by atoms with Crippen molar-refractivity contribution in [3.05, 3.63) is 29.7 Å². The van der Waals surface area contributed by atoms with Gasteiger partial charge in [-0.2, -0.15) is 18.3 Å². The third kappa shape index (κ3) is 3.01. The summed E-state index contributed by atoms with van der Waals surface area (Å²) in [6.45, 7) is 1.93. The monoisotopic (exact) mass is 407 g/mol. The minimum atomic E-state index is -4.31. The third-order valence-corrected chi connectivity index (χ3v) is 7.09. The summed E-state index contributed by atoms with van der Waals surface area (Å²) in [6, 6.07) is 3.37. The number of aromatic nitrogens is 3. The van der Waals surface area contributed by atoms with Crippen LogP contribution in [0.3, 0.4) is 0 Å². The molecule has 3 heterocycles. The van der Waals surface area contributed by atoms with E-state index in [9.17, 15) is 18.0 Å². The first kappa shape index (κ1) is 18.8. The van der Waals surface area contributed by atoms with Crippen molar-refractivity contribution in [3.63, 3.8) is 0 Å². The molecule has 1 saturated heterocycles. The van der Waals surface area contributed by atoms with Crippen molar-refractivity contribution in [1.29, 1.82) is 0 Å². The molecule has 3 aliphatic carbocycles. The smallest absolute Gasteiger partial charge is 0.355 e. The molecule has 2 aromatic heterocycles. The normalized spacial score (nSPS) is 35.0. The second-order valence-electron chi connectivity index (χ2n) is 9.59. The summed E-state index contributed by atoms with van der Waals surface area (Å²) in [5.41, 5.74) is 9.12. The maximum Gasteiger partial charge on any atom is 0.393 e. The minimum Gasteiger partial charge on any atom is -0.355 e. The van der Waals surface area contributed by atoms with E-state index in [0.717, 1.165) is 25.0 Å². The number of nitrogens with two attached hydrogens (primary N) is 1. The van der Waals surface area contributed by atoms with Gasteiger partial charge in [-0.05, 0) is 48.6 Å². The van der Waals surface area contributed by atoms with Gasteiger partial charge < -0.3 is 11.1 Å². The van der Waals surface area contributed by atoms with Crippen LogP contribution < -0.4 is 11.1 Å². The van der Waals surface area contributed by atoms with Gasteiger partial charge in [-0.25, -0.2) is 9.50 Å². The molecule has 4 fully saturated rings. The van der Waals surface area contributed by atoms with Crippen molar-refractivity contribution in [2.24, 2.45) is 28.4 Å². The summed E-state index contributed by atoms with van der Waals surface area (Å²) in [4.78, 5) is 16.7. The Hall–Kier alpha value is -2.16. The quantitative estimate of drug-likeness (QED) is 0.816. The third-order valence-electron chi connectivity index (χ3n) is 7.09. The Balaban J connectivity index is 1.33. The van der Waals surface area contributed by atoms with Gasteiger partial charge >= 0.3 is 6.18 Å². The van der Waals surface area contributed by atoms with Gasteiger partial charge in [-0.1, -0.05) is 6.92 Å². The fourth-order valence-corrected chi connectivity index (χ4v) is 5.82. The van der Waals surface area contributed by atoms with Crippen molar-refractivity contribution < 1.29 is 18.0 Å². The second-order valence-corrected chi connectivity index (χ2v) is 9.59. The van der Waals surface area contributed by atoms with Crippen molar-refractivity contribution in [2.75, 3.05) is 6.54 Å². The molecule has 3 N–H and O–H groups in total. The lowest BCUT2D eigenvalue weighted by Gasteiger charge is -2.71. The standard InChI is InChI=1S/C20H24F3N5O/c1-18-8-19(9-18,10-18)16(24)14-7-28-15(26-14)3-2-13(27-28)5-11-4-12(20(21,22)23)6-25-17(11)29/h2-3,7,11-12,16H,4-6,8-10,24H2,1H3,(H,25,29)/t11?,12-,16?,18?,19?/m1/s1. The molecular weight excluding hydrogens is 383 g/mol. The molecular formula is C20H24F3N5O. The predicted octanol–water partition coefficient (Wildman–Crippen LogP) is 2.78. The molecule has 2 aromatic rings. The van der Waals surface area contributed by atoms with E-state index in [-0.39, 0.29) is 36.8 Å². The molecule has 156 valence electrons. The molecule has 9 heteroatoms. The number of carbonyl (C=O) groups is 1. The second kappa shape index (κ2) is 5.93. The molecule has 2 bridgehead atoms. The van der Waals surface area contributed by atoms with Crippen LogP contribution in [0.2, 0.25) is 0 Å². The van der Waals surface area contributed by atoms with E-state index in [2.05, 4.69) is 22.3 Å². The first-order valence-electron chi connectivity index (χ1n) is 10.0. The van der Waals surface area contributed by atoms with Gasteiger partial charge in [0.15, 0.2) is 5.65 Å². The Bertz CT molecular complexity index is 964. The molecule has 0 radical (unpaired) electrons. The van der Waals surface area contributed by atoms with Crippen molar-refractivity contribution in [1.82, 2.24) is 19.9 Å². The topological polar surface area (TPSA) is 85.3 Å². The van der Waals surface area contributed by atoms with Crippen LogP contribution in [-0.2, 0) is 11.2 Å². The van der Waals surface area contributed by atoms with Crippen LogP contribution in [0.15, 0.2) is 18.3 Å². The number of imidazole rings is 1. The summed E-state index contributed by atoms with van der Waals surface area (Å²) < 4.78 is 40.7. The molecule has 3 saturated carbocycles. The van der Waals surface area contributed by atoms with Crippen LogP contribution in [-0.4, -0.2) is 33.2 Å². The number of alkyl halides is 3. The van der Waals surface area contributed by atoms with E-state index in [1.807, 2.05) is 6.20 Å². The molecule has 3 atom stereocenters. The first-order valence-corrected chi connectivity index (χ1v) is 10.0. The molecule has 0 aromatic carbocycles. The zero-order chi connectivity index (χ0) is 20.6. The number of nitrogens with one attached hydrogen (secondary N) is 1. The largest absolute Gasteiger partial charge is 0.393 e. The van der Waals surface area contributed by atoms with Crippen molar-refractivity contribution in [3.8, 4) is 0 Å². The number of amides is 1. The highest BCUT2D eigenvalue weighted by Gasteiger charge is 2.67. The number of nitrogens with zero attached hydrogens (tertiary/aromatic N) is 3. The SMILES string of the molecule is CC12CC(C(N)c3cn4nc(CC5C[C@@H](C(F)(F)F)CNC5=O)ccc4n3)(C1)C2. The van der Waals surface area contributed by atoms with E-state index in [0.29, 0.717) is 16.8 Å². The zero-order valence-corrected chi connectivity index (χ0v) is 16.2. The predicted molar refractivity (Wildman–Crippen MR) is 98.7 cm³/mol. The van der Waals surface area contributed by atoms with E-state index in [1.165, 1.54) is 0 Å². The lowest BCUT2D eigenvalue weighted by atomic mass is 9.34. The number of fused-ring (bicyclic) bond motifs is 1. The Morgan fingerprint density at radius 3 is 2.72 bits per heavy atom. The Kier molecular flexibility index (Phi) is 3.85. The zero-order valence-electron chi connectivity index (χ0n) is 16.2. The number of halogens is 3. The number of piperidine rings is 1. The van der Waals surface area contributed by atoms with Gasteiger partial charge in [0, 0.05) is 18.9 Å². The van der Waals surface area contributed by atoms with Gasteiger partial charge in [-0.3, -0.25) is 4.79 Å². The molecule has 1 amide bonds. The Morgan fingerprint density at radius 2 is 2.07 bits per heavy atom. The minimum absolute atomic E-state index is 0.133. The van der Waals surface area contributed by atoms with E-state index < -0.39 is 18.0 Å². The Morgan fingerprint density at radius 1 is 1.34 bits per heavy atom. The van der Waals surface area contributed by atoms with Crippen LogP contribution in [0.4, 0.5) is 13.2 Å². The molecule has 0 spiro atoms. The van der Waals surface area contributed by atoms with Crippen LogP contribution in [0.1, 0.15) is 50.0 Å². The van der Waals surface area contributed by atoms with Gasteiger partial charge in [0.05, 0.1) is 29.5 Å². The van der Waals surface area contributed by atoms with Gasteiger partial charge in [-0.15, -0.1) is 0 Å². The van der Waals surface area contributed by atoms with Gasteiger partial charge in [0.1, 0.15) is 0 Å². The molecule has 6 rings (SSSR count). The van der Waals surface area contributed by atoms with Crippen LogP contribution in [0.25, 0.3) is 5.65 Å². The fourth-order valence-electron chi connectivity index (χ4n) is 5.82. The summed E-state index contributed by atoms with van der Waals surface area (Å²) in [6.07, 6.45) is 0.843. The molecule has 6 nitrogen and oxygen atoms in total. The number of carbonyl (C=O) groups excluding carboxylic acids is 1. The molecule has 29 heavy (non-hydrogen) atoms. The first-order chi connectivity index (χ1) is 13.6. The highest BCUT2D eigenvalue weighted by atomic mass is 19.4. The lowest BCUT2D eigenvalue weighted by Crippen LogP contribution is -2.64. The van der Waals surface area contributed by atoms with Gasteiger partial charge in [0.2, 0.25) is 5.91 Å². The van der Waals surface area contributed by atoms with Crippen LogP contribution in [0.5, 0.6) is 0 Å². The molecule has 1 aliphatic heterocycles. The number of hydrogen-bond acceptors (Lipinski definition) is 4. The summed E-state index contributed by atoms with van der Waals surface area (Å²) in [5, 5.41) is 6.86. The average Bonchev–Trinajstić information content (AvgIpc) is 3.02. The van der Waals surface area contributed by atoms with Crippen LogP contribution in [0, 0.1) is 22.7 Å². The summed E-state index contributed by atoms with van der Waals surface area (Å²) in [5.74, 6) is -2.60. The fraction of sp³-hybridized carbons (Fsp3) is 0.650. The van der Waals surface area contributed by atoms with E-state index in [1.54, 1.807) is 16.6 Å². The van der Waals surface area contributed by atoms with Gasteiger partial charge in [0.25, 0.3) is 0 Å². The van der Waals surface area contributed by atoms with Crippen LogP contribution >= 0.6 is 0 Å². The number of hydrogen-bond donors (Lipinski definition) is 2. The van der Waals surface area contributed by atoms with Crippen molar-refractivity contribution in [2.45, 2.75) is 51.2 Å². The van der Waals surface area contributed by atoms with Crippen molar-refractivity contribution >= 4 is 11.6 Å². The van der Waals surface area contributed by atoms with E-state index in [4.69, 9.17) is 5.73 Å². The number of rotatable bonds is 4. The maximum atomic E-state index is 13.0. The highest BCUT2D eigenvalue weighted by Crippen LogP contribution is 2.76. The highest BCUT2D eigenvalue weighted by molar-refractivity contribution is 5.79. The lowest BCUT2D eigenvalue weighted by molar-refractivity contribution is -0.206. The summed E-state index contributed by atoms with van der Waals surface area (Å²) >= 11 is 0. The maximum absolute atomic E-state index is 13.0. The molecule has 4 aliphatic rings. The summed E-state index contributed by atoms with van der Waals surface area (Å²) in [7, 11) is 0. The Labute approximate surface area is 166 Å². The molecule has 2 unspecified atom stereocenters. The average molecular weight is 407 g/mol.